The van der Waals surface area contributed by atoms with Crippen LogP contribution in [-0.4, -0.2) is 17.0 Å². The Hall–Kier alpha value is -3.18. The minimum atomic E-state index is -0.627. The third kappa shape index (κ3) is 4.36. The van der Waals surface area contributed by atoms with Gasteiger partial charge in [-0.15, -0.1) is 11.3 Å². The van der Waals surface area contributed by atoms with Crippen molar-refractivity contribution in [1.82, 2.24) is 4.98 Å². The van der Waals surface area contributed by atoms with Crippen LogP contribution in [0.4, 0.5) is 5.13 Å². The van der Waals surface area contributed by atoms with Crippen molar-refractivity contribution in [3.05, 3.63) is 77.7 Å². The topological polar surface area (TPSA) is 51.2 Å². The van der Waals surface area contributed by atoms with Gasteiger partial charge in [0.15, 0.2) is 11.2 Å². The zero-order chi connectivity index (χ0) is 21.1. The molecule has 0 radical (unpaired) electrons. The Balaban J connectivity index is 1.46. The van der Waals surface area contributed by atoms with Gasteiger partial charge < -0.3 is 4.74 Å². The maximum atomic E-state index is 12.6. The number of carbonyl (C=O) groups is 1. The molecule has 0 aliphatic rings. The normalized spacial score (nSPS) is 12.1. The number of rotatable bonds is 6. The highest BCUT2D eigenvalue weighted by Crippen LogP contribution is 2.29. The van der Waals surface area contributed by atoms with Crippen LogP contribution in [0.5, 0.6) is 5.75 Å². The lowest BCUT2D eigenvalue weighted by atomic mass is 10.0. The molecule has 4 nitrogen and oxygen atoms in total. The molecule has 0 aliphatic heterocycles. The summed E-state index contributed by atoms with van der Waals surface area (Å²) in [6.07, 6.45) is -0.627. The van der Waals surface area contributed by atoms with E-state index < -0.39 is 6.10 Å². The van der Waals surface area contributed by atoms with Gasteiger partial charge in [0.05, 0.1) is 5.69 Å². The van der Waals surface area contributed by atoms with Gasteiger partial charge in [-0.3, -0.25) is 10.1 Å². The lowest BCUT2D eigenvalue weighted by Crippen LogP contribution is -2.30. The molecule has 1 aromatic heterocycles. The van der Waals surface area contributed by atoms with Crippen LogP contribution >= 0.6 is 11.3 Å². The van der Waals surface area contributed by atoms with Crippen molar-refractivity contribution in [2.24, 2.45) is 0 Å². The standard InChI is InChI=1S/C25H24N2O2S/c1-16(2)21-10-6-7-11-23(21)29-17(3)24(28)27-25-26-22(15-30-25)20-13-12-18-8-4-5-9-19(18)14-20/h4-17H,1-3H3,(H,26,27,28). The van der Waals surface area contributed by atoms with Gasteiger partial charge in [0, 0.05) is 10.9 Å². The summed E-state index contributed by atoms with van der Waals surface area (Å²) in [5.74, 6) is 0.846. The highest BCUT2D eigenvalue weighted by molar-refractivity contribution is 7.14. The van der Waals surface area contributed by atoms with Crippen LogP contribution in [0.15, 0.2) is 72.1 Å². The summed E-state index contributed by atoms with van der Waals surface area (Å²) in [7, 11) is 0. The van der Waals surface area contributed by atoms with E-state index in [-0.39, 0.29) is 5.91 Å². The minimum Gasteiger partial charge on any atom is -0.481 e. The van der Waals surface area contributed by atoms with Gasteiger partial charge >= 0.3 is 0 Å². The smallest absolute Gasteiger partial charge is 0.266 e. The number of fused-ring (bicyclic) bond motifs is 1. The fourth-order valence-electron chi connectivity index (χ4n) is 3.33. The van der Waals surface area contributed by atoms with Crippen molar-refractivity contribution in [2.75, 3.05) is 5.32 Å². The van der Waals surface area contributed by atoms with E-state index in [0.717, 1.165) is 22.6 Å². The molecule has 0 saturated heterocycles. The van der Waals surface area contributed by atoms with Gasteiger partial charge in [0.1, 0.15) is 5.75 Å². The molecule has 1 atom stereocenters. The van der Waals surface area contributed by atoms with Gasteiger partial charge in [0.2, 0.25) is 0 Å². The first-order chi connectivity index (χ1) is 14.5. The number of benzene rings is 3. The van der Waals surface area contributed by atoms with Crippen molar-refractivity contribution in [1.29, 1.82) is 0 Å². The van der Waals surface area contributed by atoms with Gasteiger partial charge in [-0.1, -0.05) is 68.4 Å². The maximum absolute atomic E-state index is 12.6. The molecule has 0 fully saturated rings. The van der Waals surface area contributed by atoms with Crippen molar-refractivity contribution in [3.63, 3.8) is 0 Å². The summed E-state index contributed by atoms with van der Waals surface area (Å²) < 4.78 is 5.95. The second-order valence-corrected chi connectivity index (χ2v) is 8.40. The Morgan fingerprint density at radius 3 is 2.50 bits per heavy atom. The average Bonchev–Trinajstić information content (AvgIpc) is 3.22. The number of para-hydroxylation sites is 1. The monoisotopic (exact) mass is 416 g/mol. The Kier molecular flexibility index (Phi) is 5.81. The molecule has 4 aromatic rings. The SMILES string of the molecule is CC(Oc1ccccc1C(C)C)C(=O)Nc1nc(-c2ccc3ccccc3c2)cs1. The molecule has 0 saturated carbocycles. The number of thiazole rings is 1. The number of ether oxygens (including phenoxy) is 1. The van der Waals surface area contributed by atoms with Crippen LogP contribution in [0.1, 0.15) is 32.3 Å². The number of nitrogens with zero attached hydrogens (tertiary/aromatic N) is 1. The second kappa shape index (κ2) is 8.67. The predicted molar refractivity (Wildman–Crippen MR) is 124 cm³/mol. The lowest BCUT2D eigenvalue weighted by molar-refractivity contribution is -0.122. The molecule has 3 aromatic carbocycles. The molecule has 0 bridgehead atoms. The van der Waals surface area contributed by atoms with Crippen molar-refractivity contribution in [2.45, 2.75) is 32.8 Å². The highest BCUT2D eigenvalue weighted by Gasteiger charge is 2.18. The van der Waals surface area contributed by atoms with Crippen molar-refractivity contribution in [3.8, 4) is 17.0 Å². The highest BCUT2D eigenvalue weighted by atomic mass is 32.1. The number of amides is 1. The fraction of sp³-hybridized carbons (Fsp3) is 0.200. The molecule has 1 amide bonds. The van der Waals surface area contributed by atoms with Crippen molar-refractivity contribution < 1.29 is 9.53 Å². The second-order valence-electron chi connectivity index (χ2n) is 7.54. The minimum absolute atomic E-state index is 0.215. The Morgan fingerprint density at radius 1 is 0.967 bits per heavy atom. The van der Waals surface area contributed by atoms with E-state index in [2.05, 4.69) is 54.5 Å². The van der Waals surface area contributed by atoms with Crippen LogP contribution in [0.25, 0.3) is 22.0 Å². The zero-order valence-corrected chi connectivity index (χ0v) is 18.1. The number of hydrogen-bond donors (Lipinski definition) is 1. The third-order valence-corrected chi connectivity index (χ3v) is 5.75. The van der Waals surface area contributed by atoms with Crippen LogP contribution in [0.2, 0.25) is 0 Å². The number of hydrogen-bond acceptors (Lipinski definition) is 4. The predicted octanol–water partition coefficient (Wildman–Crippen LogP) is 6.49. The number of anilines is 1. The number of carbonyl (C=O) groups excluding carboxylic acids is 1. The largest absolute Gasteiger partial charge is 0.481 e. The summed E-state index contributed by atoms with van der Waals surface area (Å²) in [5, 5.41) is 7.76. The van der Waals surface area contributed by atoms with Crippen LogP contribution in [-0.2, 0) is 4.79 Å². The molecule has 30 heavy (non-hydrogen) atoms. The van der Waals surface area contributed by atoms with E-state index in [0.29, 0.717) is 11.0 Å². The molecular formula is C25H24N2O2S. The van der Waals surface area contributed by atoms with Gasteiger partial charge in [-0.2, -0.15) is 0 Å². The first-order valence-electron chi connectivity index (χ1n) is 10.0. The summed E-state index contributed by atoms with van der Waals surface area (Å²) in [6, 6.07) is 22.3. The average molecular weight is 417 g/mol. The van der Waals surface area contributed by atoms with Crippen LogP contribution < -0.4 is 10.1 Å². The summed E-state index contributed by atoms with van der Waals surface area (Å²) in [6.45, 7) is 5.97. The van der Waals surface area contributed by atoms with E-state index in [4.69, 9.17) is 4.74 Å². The Bertz CT molecular complexity index is 1180. The van der Waals surface area contributed by atoms with E-state index in [1.807, 2.05) is 41.8 Å². The zero-order valence-electron chi connectivity index (χ0n) is 17.3. The molecule has 1 heterocycles. The summed E-state index contributed by atoms with van der Waals surface area (Å²) >= 11 is 1.41. The molecule has 152 valence electrons. The van der Waals surface area contributed by atoms with E-state index in [9.17, 15) is 4.79 Å². The number of aromatic nitrogens is 1. The molecule has 5 heteroatoms. The Morgan fingerprint density at radius 2 is 1.70 bits per heavy atom. The maximum Gasteiger partial charge on any atom is 0.266 e. The molecule has 0 aliphatic carbocycles. The Labute approximate surface area is 180 Å². The van der Waals surface area contributed by atoms with E-state index >= 15 is 0 Å². The van der Waals surface area contributed by atoms with Crippen molar-refractivity contribution >= 4 is 33.1 Å². The van der Waals surface area contributed by atoms with E-state index in [1.165, 1.54) is 22.1 Å². The van der Waals surface area contributed by atoms with Gasteiger partial charge in [-0.05, 0) is 41.3 Å². The summed E-state index contributed by atoms with van der Waals surface area (Å²) in [5.41, 5.74) is 2.96. The van der Waals surface area contributed by atoms with Crippen LogP contribution in [0.3, 0.4) is 0 Å². The summed E-state index contributed by atoms with van der Waals surface area (Å²) in [4.78, 5) is 17.2. The van der Waals surface area contributed by atoms with E-state index in [1.54, 1.807) is 6.92 Å². The number of nitrogens with one attached hydrogen (secondary N) is 1. The lowest BCUT2D eigenvalue weighted by Gasteiger charge is -2.18. The van der Waals surface area contributed by atoms with Gasteiger partial charge in [0.25, 0.3) is 5.91 Å². The fourth-order valence-corrected chi connectivity index (χ4v) is 4.05. The molecular weight excluding hydrogens is 392 g/mol. The molecule has 1 unspecified atom stereocenters. The molecule has 4 rings (SSSR count). The first kappa shape index (κ1) is 20.1. The van der Waals surface area contributed by atoms with Crippen LogP contribution in [0, 0.1) is 0 Å². The third-order valence-electron chi connectivity index (χ3n) is 4.99. The molecule has 1 N–H and O–H groups in total. The first-order valence-corrected chi connectivity index (χ1v) is 10.9. The van der Waals surface area contributed by atoms with Gasteiger partial charge in [-0.25, -0.2) is 4.98 Å². The molecule has 0 spiro atoms. The quantitative estimate of drug-likeness (QED) is 0.391.